The molecule has 1 aromatic rings. The van der Waals surface area contributed by atoms with Crippen molar-refractivity contribution in [2.24, 2.45) is 0 Å². The summed E-state index contributed by atoms with van der Waals surface area (Å²) in [5.74, 6) is -0.673. The zero-order valence-corrected chi connectivity index (χ0v) is 15.1. The molecule has 1 saturated heterocycles. The number of carbonyl (C=O) groups is 3. The Morgan fingerprint density at radius 2 is 2.04 bits per heavy atom. The van der Waals surface area contributed by atoms with E-state index in [1.54, 1.807) is 0 Å². The molecule has 1 heterocycles. The summed E-state index contributed by atoms with van der Waals surface area (Å²) in [5.41, 5.74) is 0.813. The Morgan fingerprint density at radius 1 is 1.30 bits per heavy atom. The van der Waals surface area contributed by atoms with Crippen LogP contribution in [0, 0.1) is 0 Å². The highest BCUT2D eigenvalue weighted by atomic mass is 16.6. The lowest BCUT2D eigenvalue weighted by Gasteiger charge is -2.22. The fraction of sp³-hybridized carbons (Fsp3) is 0.500. The van der Waals surface area contributed by atoms with Crippen LogP contribution >= 0.6 is 0 Å². The van der Waals surface area contributed by atoms with Crippen LogP contribution in [0.15, 0.2) is 30.3 Å². The van der Waals surface area contributed by atoms with Crippen LogP contribution in [0.3, 0.4) is 0 Å². The molecule has 0 unspecified atom stereocenters. The lowest BCUT2D eigenvalue weighted by Crippen LogP contribution is -2.46. The first-order chi connectivity index (χ1) is 13.0. The predicted octanol–water partition coefficient (Wildman–Crippen LogP) is 1.61. The SMILES string of the molecule is COC(=O)[C@H](COC[C@H]1CCCN1C(=O)O)NC(=O)OCc1ccccc1. The summed E-state index contributed by atoms with van der Waals surface area (Å²) in [6, 6.07) is 7.82. The molecular formula is C18H24N2O7. The Balaban J connectivity index is 1.79. The minimum atomic E-state index is -1.04. The third kappa shape index (κ3) is 6.45. The average molecular weight is 380 g/mol. The van der Waals surface area contributed by atoms with Crippen molar-refractivity contribution in [2.45, 2.75) is 31.5 Å². The van der Waals surface area contributed by atoms with E-state index in [4.69, 9.17) is 14.6 Å². The lowest BCUT2D eigenvalue weighted by molar-refractivity contribution is -0.144. The molecule has 1 aromatic carbocycles. The molecule has 0 aromatic heterocycles. The molecule has 2 N–H and O–H groups in total. The van der Waals surface area contributed by atoms with Crippen LogP contribution < -0.4 is 5.32 Å². The molecule has 9 nitrogen and oxygen atoms in total. The second-order valence-corrected chi connectivity index (χ2v) is 6.09. The van der Waals surface area contributed by atoms with E-state index in [0.717, 1.165) is 12.0 Å². The van der Waals surface area contributed by atoms with Crippen LogP contribution in [0.2, 0.25) is 0 Å². The van der Waals surface area contributed by atoms with E-state index in [2.05, 4.69) is 10.1 Å². The Kier molecular flexibility index (Phi) is 7.87. The van der Waals surface area contributed by atoms with Gasteiger partial charge in [-0.15, -0.1) is 0 Å². The van der Waals surface area contributed by atoms with E-state index >= 15 is 0 Å². The van der Waals surface area contributed by atoms with Gasteiger partial charge in [0.2, 0.25) is 0 Å². The Hall–Kier alpha value is -2.81. The maximum absolute atomic E-state index is 11.9. The van der Waals surface area contributed by atoms with Crippen molar-refractivity contribution in [1.29, 1.82) is 0 Å². The average Bonchev–Trinajstić information content (AvgIpc) is 3.14. The highest BCUT2D eigenvalue weighted by molar-refractivity contribution is 5.81. The summed E-state index contributed by atoms with van der Waals surface area (Å²) in [5, 5.41) is 11.5. The van der Waals surface area contributed by atoms with Gasteiger partial charge in [-0.2, -0.15) is 0 Å². The highest BCUT2D eigenvalue weighted by Crippen LogP contribution is 2.17. The molecular weight excluding hydrogens is 356 g/mol. The number of hydrogen-bond acceptors (Lipinski definition) is 6. The molecule has 1 aliphatic rings. The molecule has 2 rings (SSSR count). The van der Waals surface area contributed by atoms with Crippen molar-refractivity contribution in [3.05, 3.63) is 35.9 Å². The van der Waals surface area contributed by atoms with Crippen molar-refractivity contribution in [1.82, 2.24) is 10.2 Å². The Morgan fingerprint density at radius 3 is 2.70 bits per heavy atom. The van der Waals surface area contributed by atoms with Gasteiger partial charge in [-0.3, -0.25) is 0 Å². The molecule has 9 heteroatoms. The van der Waals surface area contributed by atoms with Gasteiger partial charge in [0.15, 0.2) is 6.04 Å². The van der Waals surface area contributed by atoms with Crippen molar-refractivity contribution in [2.75, 3.05) is 26.9 Å². The van der Waals surface area contributed by atoms with Gasteiger partial charge in [0.1, 0.15) is 6.61 Å². The summed E-state index contributed by atoms with van der Waals surface area (Å²) >= 11 is 0. The molecule has 2 atom stereocenters. The van der Waals surface area contributed by atoms with Crippen molar-refractivity contribution >= 4 is 18.2 Å². The standard InChI is InChI=1S/C18H24N2O7/c1-25-16(21)15(12-26-11-14-8-5-9-20(14)18(23)24)19-17(22)27-10-13-6-3-2-4-7-13/h2-4,6-7,14-15H,5,8-12H2,1H3,(H,19,22)(H,23,24)/t14-,15+/m1/s1. The van der Waals surface area contributed by atoms with E-state index in [-0.39, 0.29) is 25.9 Å². The first-order valence-corrected chi connectivity index (χ1v) is 8.63. The molecule has 0 radical (unpaired) electrons. The molecule has 0 bridgehead atoms. The number of rotatable bonds is 8. The molecule has 148 valence electrons. The van der Waals surface area contributed by atoms with E-state index in [0.29, 0.717) is 13.0 Å². The number of nitrogens with one attached hydrogen (secondary N) is 1. The number of alkyl carbamates (subject to hydrolysis) is 1. The number of likely N-dealkylation sites (tertiary alicyclic amines) is 1. The monoisotopic (exact) mass is 380 g/mol. The zero-order valence-electron chi connectivity index (χ0n) is 15.1. The second-order valence-electron chi connectivity index (χ2n) is 6.09. The normalized spacial score (nSPS) is 17.2. The van der Waals surface area contributed by atoms with Crippen LogP contribution in [-0.4, -0.2) is 67.1 Å². The summed E-state index contributed by atoms with van der Waals surface area (Å²) in [7, 11) is 1.20. The Labute approximate surface area is 157 Å². The van der Waals surface area contributed by atoms with Gasteiger partial charge in [0.25, 0.3) is 0 Å². The van der Waals surface area contributed by atoms with Crippen LogP contribution in [0.25, 0.3) is 0 Å². The number of esters is 1. The van der Waals surface area contributed by atoms with Crippen LogP contribution in [0.1, 0.15) is 18.4 Å². The third-order valence-electron chi connectivity index (χ3n) is 4.21. The van der Waals surface area contributed by atoms with Crippen molar-refractivity contribution < 1.29 is 33.7 Å². The number of ether oxygens (including phenoxy) is 3. The minimum absolute atomic E-state index is 0.0665. The van der Waals surface area contributed by atoms with Gasteiger partial charge >= 0.3 is 18.2 Å². The molecule has 0 aliphatic carbocycles. The van der Waals surface area contributed by atoms with E-state index in [1.807, 2.05) is 30.3 Å². The number of methoxy groups -OCH3 is 1. The fourth-order valence-corrected chi connectivity index (χ4v) is 2.80. The van der Waals surface area contributed by atoms with Gasteiger partial charge in [-0.05, 0) is 18.4 Å². The molecule has 1 aliphatic heterocycles. The lowest BCUT2D eigenvalue weighted by atomic mass is 10.2. The predicted molar refractivity (Wildman–Crippen MR) is 94.1 cm³/mol. The number of benzene rings is 1. The number of hydrogen-bond donors (Lipinski definition) is 2. The van der Waals surface area contributed by atoms with Crippen molar-refractivity contribution in [3.8, 4) is 0 Å². The second kappa shape index (κ2) is 10.4. The Bertz CT molecular complexity index is 638. The first kappa shape index (κ1) is 20.5. The topological polar surface area (TPSA) is 114 Å². The van der Waals surface area contributed by atoms with E-state index in [9.17, 15) is 14.4 Å². The smallest absolute Gasteiger partial charge is 0.408 e. The minimum Gasteiger partial charge on any atom is -0.467 e. The number of carbonyl (C=O) groups excluding carboxylic acids is 2. The van der Waals surface area contributed by atoms with Crippen LogP contribution in [-0.2, 0) is 25.6 Å². The summed E-state index contributed by atoms with van der Waals surface area (Å²) in [6.45, 7) is 0.530. The fourth-order valence-electron chi connectivity index (χ4n) is 2.80. The van der Waals surface area contributed by atoms with E-state index < -0.39 is 24.2 Å². The zero-order chi connectivity index (χ0) is 19.6. The van der Waals surface area contributed by atoms with Gasteiger partial charge in [0, 0.05) is 6.54 Å². The number of amides is 2. The number of nitrogens with zero attached hydrogens (tertiary/aromatic N) is 1. The highest BCUT2D eigenvalue weighted by Gasteiger charge is 2.29. The summed E-state index contributed by atoms with van der Waals surface area (Å²) in [4.78, 5) is 36.2. The first-order valence-electron chi connectivity index (χ1n) is 8.63. The van der Waals surface area contributed by atoms with E-state index in [1.165, 1.54) is 12.0 Å². The maximum atomic E-state index is 11.9. The summed E-state index contributed by atoms with van der Waals surface area (Å²) < 4.78 is 15.2. The number of carboxylic acid groups (broad SMARTS) is 1. The quantitative estimate of drug-likeness (QED) is 0.659. The maximum Gasteiger partial charge on any atom is 0.408 e. The van der Waals surface area contributed by atoms with Crippen molar-refractivity contribution in [3.63, 3.8) is 0 Å². The molecule has 0 spiro atoms. The van der Waals surface area contributed by atoms with Crippen LogP contribution in [0.5, 0.6) is 0 Å². The molecule has 2 amide bonds. The summed E-state index contributed by atoms with van der Waals surface area (Å²) in [6.07, 6.45) is -0.300. The van der Waals surface area contributed by atoms with Gasteiger partial charge in [-0.25, -0.2) is 14.4 Å². The van der Waals surface area contributed by atoms with Gasteiger partial charge < -0.3 is 29.5 Å². The van der Waals surface area contributed by atoms with Crippen LogP contribution in [0.4, 0.5) is 9.59 Å². The molecule has 0 saturated carbocycles. The molecule has 1 fully saturated rings. The van der Waals surface area contributed by atoms with Gasteiger partial charge in [-0.1, -0.05) is 30.3 Å². The third-order valence-corrected chi connectivity index (χ3v) is 4.21. The molecule has 27 heavy (non-hydrogen) atoms. The van der Waals surface area contributed by atoms with Gasteiger partial charge in [0.05, 0.1) is 26.4 Å². The largest absolute Gasteiger partial charge is 0.467 e.